The maximum absolute atomic E-state index is 13.7. The first kappa shape index (κ1) is 18.8. The van der Waals surface area contributed by atoms with Crippen LogP contribution in [0.15, 0.2) is 42.6 Å². The average Bonchev–Trinajstić information content (AvgIpc) is 3.33. The van der Waals surface area contributed by atoms with Crippen LogP contribution in [0.5, 0.6) is 0 Å². The van der Waals surface area contributed by atoms with Crippen molar-refractivity contribution in [3.63, 3.8) is 0 Å². The number of hydrogen-bond donors (Lipinski definition) is 2. The molecule has 2 aromatic carbocycles. The molecule has 0 radical (unpaired) electrons. The van der Waals surface area contributed by atoms with E-state index in [2.05, 4.69) is 26.9 Å². The fraction of sp³-hybridized carbons (Fsp3) is 0.304. The first-order valence-corrected chi connectivity index (χ1v) is 10.2. The van der Waals surface area contributed by atoms with E-state index in [1.165, 1.54) is 17.8 Å². The third-order valence-electron chi connectivity index (χ3n) is 5.99. The van der Waals surface area contributed by atoms with Crippen LogP contribution >= 0.6 is 0 Å². The molecular formula is C23H23FN4O2. The number of aromatic amines is 1. The lowest BCUT2D eigenvalue weighted by atomic mass is 9.91. The van der Waals surface area contributed by atoms with Crippen LogP contribution in [0.1, 0.15) is 36.4 Å². The van der Waals surface area contributed by atoms with Gasteiger partial charge >= 0.3 is 0 Å². The molecule has 154 valence electrons. The van der Waals surface area contributed by atoms with E-state index in [4.69, 9.17) is 10.5 Å². The molecule has 1 aliphatic rings. The summed E-state index contributed by atoms with van der Waals surface area (Å²) in [7, 11) is 0. The molecule has 1 amide bonds. The van der Waals surface area contributed by atoms with Crippen molar-refractivity contribution in [2.24, 2.45) is 5.73 Å². The predicted octanol–water partition coefficient (Wildman–Crippen LogP) is 3.96. The van der Waals surface area contributed by atoms with Gasteiger partial charge in [-0.05, 0) is 61.2 Å². The first-order chi connectivity index (χ1) is 14.6. The van der Waals surface area contributed by atoms with Gasteiger partial charge in [0.25, 0.3) is 0 Å². The van der Waals surface area contributed by atoms with Gasteiger partial charge in [0.1, 0.15) is 5.82 Å². The summed E-state index contributed by atoms with van der Waals surface area (Å²) in [6, 6.07) is 10.8. The van der Waals surface area contributed by atoms with Gasteiger partial charge in [-0.3, -0.25) is 9.89 Å². The predicted molar refractivity (Wildman–Crippen MR) is 113 cm³/mol. The fourth-order valence-corrected chi connectivity index (χ4v) is 4.59. The van der Waals surface area contributed by atoms with E-state index < -0.39 is 0 Å². The van der Waals surface area contributed by atoms with E-state index >= 15 is 0 Å². The minimum Gasteiger partial charge on any atom is -0.381 e. The van der Waals surface area contributed by atoms with Crippen molar-refractivity contribution in [3.05, 3.63) is 59.7 Å². The number of aryl methyl sites for hydroxylation is 1. The summed E-state index contributed by atoms with van der Waals surface area (Å²) >= 11 is 0. The number of nitrogens with one attached hydrogen (secondary N) is 1. The molecule has 30 heavy (non-hydrogen) atoms. The lowest BCUT2D eigenvalue weighted by Crippen LogP contribution is -2.19. The standard InChI is InChI=1S/C23H23FN4O2/c24-16-1-3-17(4-2-16)28-21-11-15-13-26-27-20(15)12-19(21)18(5-6-22(25)29)23(28)14-7-9-30-10-8-14/h1-4,11-14H,5-10H2,(H2,25,29)(H,26,27). The fourth-order valence-electron chi connectivity index (χ4n) is 4.59. The number of hydrogen-bond acceptors (Lipinski definition) is 3. The highest BCUT2D eigenvalue weighted by molar-refractivity contribution is 5.99. The number of carbonyl (C=O) groups excluding carboxylic acids is 1. The zero-order valence-electron chi connectivity index (χ0n) is 16.5. The van der Waals surface area contributed by atoms with Gasteiger partial charge in [0, 0.05) is 47.7 Å². The minimum atomic E-state index is -0.321. The minimum absolute atomic E-state index is 0.269. The number of aromatic nitrogens is 3. The van der Waals surface area contributed by atoms with Gasteiger partial charge in [0.15, 0.2) is 0 Å². The van der Waals surface area contributed by atoms with Crippen molar-refractivity contribution in [1.29, 1.82) is 0 Å². The monoisotopic (exact) mass is 406 g/mol. The summed E-state index contributed by atoms with van der Waals surface area (Å²) in [6.07, 6.45) is 4.45. The Morgan fingerprint density at radius 3 is 2.73 bits per heavy atom. The highest BCUT2D eigenvalue weighted by Gasteiger charge is 2.27. The smallest absolute Gasteiger partial charge is 0.217 e. The van der Waals surface area contributed by atoms with Crippen LogP contribution in [0.3, 0.4) is 0 Å². The van der Waals surface area contributed by atoms with Crippen molar-refractivity contribution in [1.82, 2.24) is 14.8 Å². The van der Waals surface area contributed by atoms with Crippen LogP contribution < -0.4 is 5.73 Å². The molecule has 1 aliphatic heterocycles. The summed E-state index contributed by atoms with van der Waals surface area (Å²) in [4.78, 5) is 11.6. The second-order valence-electron chi connectivity index (χ2n) is 7.86. The number of amides is 1. The number of nitrogens with two attached hydrogens (primary N) is 1. The zero-order valence-corrected chi connectivity index (χ0v) is 16.5. The average molecular weight is 406 g/mol. The normalized spacial score (nSPS) is 15.2. The van der Waals surface area contributed by atoms with Crippen molar-refractivity contribution in [3.8, 4) is 5.69 Å². The van der Waals surface area contributed by atoms with E-state index in [1.807, 2.05) is 0 Å². The van der Waals surface area contributed by atoms with Gasteiger partial charge < -0.3 is 15.0 Å². The first-order valence-electron chi connectivity index (χ1n) is 10.2. The molecule has 0 atom stereocenters. The van der Waals surface area contributed by atoms with Crippen LogP contribution in [0.25, 0.3) is 27.5 Å². The highest BCUT2D eigenvalue weighted by atomic mass is 19.1. The second kappa shape index (κ2) is 7.57. The number of rotatable bonds is 5. The van der Waals surface area contributed by atoms with Crippen molar-refractivity contribution in [2.75, 3.05) is 13.2 Å². The quantitative estimate of drug-likeness (QED) is 0.526. The SMILES string of the molecule is NC(=O)CCc1c(C2CCOCC2)n(-c2ccc(F)cc2)c2cc3cn[nH]c3cc12. The van der Waals surface area contributed by atoms with E-state index in [9.17, 15) is 9.18 Å². The Bertz CT molecular complexity index is 1220. The van der Waals surface area contributed by atoms with Gasteiger partial charge in [-0.2, -0.15) is 5.10 Å². The molecule has 0 unspecified atom stereocenters. The highest BCUT2D eigenvalue weighted by Crippen LogP contribution is 2.40. The van der Waals surface area contributed by atoms with E-state index in [0.717, 1.165) is 45.9 Å². The Balaban J connectivity index is 1.82. The lowest BCUT2D eigenvalue weighted by molar-refractivity contribution is -0.117. The van der Waals surface area contributed by atoms with Gasteiger partial charge in [-0.25, -0.2) is 4.39 Å². The Hall–Kier alpha value is -3.19. The lowest BCUT2D eigenvalue weighted by Gasteiger charge is -2.25. The van der Waals surface area contributed by atoms with Crippen LogP contribution in [-0.4, -0.2) is 33.9 Å². The number of nitrogens with zero attached hydrogens (tertiary/aromatic N) is 2. The van der Waals surface area contributed by atoms with Gasteiger partial charge in [-0.15, -0.1) is 0 Å². The molecule has 0 bridgehead atoms. The second-order valence-corrected chi connectivity index (χ2v) is 7.86. The Labute approximate surface area is 172 Å². The Morgan fingerprint density at radius 2 is 2.00 bits per heavy atom. The molecule has 2 aromatic heterocycles. The molecule has 0 saturated carbocycles. The number of primary amides is 1. The summed E-state index contributed by atoms with van der Waals surface area (Å²) in [5, 5.41) is 9.27. The van der Waals surface area contributed by atoms with Crippen molar-refractivity contribution >= 4 is 27.7 Å². The summed E-state index contributed by atoms with van der Waals surface area (Å²) in [6.45, 7) is 1.41. The molecule has 1 saturated heterocycles. The summed E-state index contributed by atoms with van der Waals surface area (Å²) in [5.74, 6) is -0.303. The summed E-state index contributed by atoms with van der Waals surface area (Å²) in [5.41, 5.74) is 10.7. The van der Waals surface area contributed by atoms with E-state index in [1.54, 1.807) is 18.3 Å². The third-order valence-corrected chi connectivity index (χ3v) is 5.99. The molecule has 0 aliphatic carbocycles. The topological polar surface area (TPSA) is 85.9 Å². The number of fused-ring (bicyclic) bond motifs is 2. The van der Waals surface area contributed by atoms with E-state index in [-0.39, 0.29) is 24.1 Å². The molecule has 5 rings (SSSR count). The summed E-state index contributed by atoms with van der Waals surface area (Å²) < 4.78 is 21.5. The molecule has 6 nitrogen and oxygen atoms in total. The molecule has 4 aromatic rings. The van der Waals surface area contributed by atoms with Gasteiger partial charge in [0.2, 0.25) is 5.91 Å². The van der Waals surface area contributed by atoms with E-state index in [0.29, 0.717) is 19.6 Å². The van der Waals surface area contributed by atoms with Crippen molar-refractivity contribution < 1.29 is 13.9 Å². The van der Waals surface area contributed by atoms with Crippen molar-refractivity contribution in [2.45, 2.75) is 31.6 Å². The molecule has 3 heterocycles. The molecule has 0 spiro atoms. The third kappa shape index (κ3) is 3.25. The maximum atomic E-state index is 13.7. The van der Waals surface area contributed by atoms with Crippen LogP contribution in [-0.2, 0) is 16.0 Å². The Morgan fingerprint density at radius 1 is 1.23 bits per heavy atom. The van der Waals surface area contributed by atoms with Crippen LogP contribution in [0, 0.1) is 5.82 Å². The number of H-pyrrole nitrogens is 1. The molecular weight excluding hydrogens is 383 g/mol. The number of carbonyl (C=O) groups is 1. The molecule has 1 fully saturated rings. The van der Waals surface area contributed by atoms with Gasteiger partial charge in [-0.1, -0.05) is 0 Å². The van der Waals surface area contributed by atoms with Crippen LogP contribution in [0.4, 0.5) is 4.39 Å². The Kier molecular flexibility index (Phi) is 4.75. The number of halogens is 1. The largest absolute Gasteiger partial charge is 0.381 e. The maximum Gasteiger partial charge on any atom is 0.217 e. The number of benzene rings is 2. The molecule has 7 heteroatoms. The van der Waals surface area contributed by atoms with Crippen LogP contribution in [0.2, 0.25) is 0 Å². The zero-order chi connectivity index (χ0) is 20.7. The molecule has 3 N–H and O–H groups in total. The number of ether oxygens (including phenoxy) is 1. The van der Waals surface area contributed by atoms with Gasteiger partial charge in [0.05, 0.1) is 17.2 Å².